The van der Waals surface area contributed by atoms with Crippen LogP contribution in [-0.4, -0.2) is 30.7 Å². The highest BCUT2D eigenvalue weighted by atomic mass is 35.5. The average molecular weight is 284 g/mol. The van der Waals surface area contributed by atoms with Crippen LogP contribution in [0.2, 0.25) is 5.15 Å². The molecule has 1 saturated carbocycles. The molecule has 1 aliphatic rings. The number of nitrogens with zero attached hydrogens (tertiary/aromatic N) is 3. The molecule has 0 aliphatic heterocycles. The van der Waals surface area contributed by atoms with Crippen molar-refractivity contribution < 1.29 is 5.11 Å². The van der Waals surface area contributed by atoms with Gasteiger partial charge in [-0.05, 0) is 25.7 Å². The minimum absolute atomic E-state index is 0.00927. The summed E-state index contributed by atoms with van der Waals surface area (Å²) in [6.07, 6.45) is 2.54. The van der Waals surface area contributed by atoms with Crippen LogP contribution < -0.4 is 11.4 Å². The van der Waals surface area contributed by atoms with E-state index in [9.17, 15) is 9.90 Å². The van der Waals surface area contributed by atoms with E-state index >= 15 is 0 Å². The Bertz CT molecular complexity index is 672. The molecule has 7 nitrogen and oxygen atoms in total. The summed E-state index contributed by atoms with van der Waals surface area (Å²) in [7, 11) is 0. The lowest BCUT2D eigenvalue weighted by Gasteiger charge is -2.25. The van der Waals surface area contributed by atoms with Crippen molar-refractivity contribution in [2.45, 2.75) is 37.8 Å². The van der Waals surface area contributed by atoms with Crippen molar-refractivity contribution in [1.29, 1.82) is 0 Å². The highest BCUT2D eigenvalue weighted by Gasteiger charge is 2.25. The number of aliphatic hydroxyl groups is 1. The molecule has 1 aliphatic carbocycles. The van der Waals surface area contributed by atoms with Gasteiger partial charge >= 0.3 is 5.69 Å². The van der Waals surface area contributed by atoms with Crippen LogP contribution in [0.15, 0.2) is 4.79 Å². The molecule has 102 valence electrons. The highest BCUT2D eigenvalue weighted by Crippen LogP contribution is 2.30. The van der Waals surface area contributed by atoms with E-state index in [1.165, 1.54) is 0 Å². The fourth-order valence-electron chi connectivity index (χ4n) is 2.64. The molecule has 0 unspecified atom stereocenters. The molecule has 19 heavy (non-hydrogen) atoms. The molecule has 2 aromatic rings. The second kappa shape index (κ2) is 4.50. The number of aromatic amines is 1. The third kappa shape index (κ3) is 2.08. The van der Waals surface area contributed by atoms with Crippen LogP contribution in [0, 0.1) is 0 Å². The number of hydrogen-bond acceptors (Lipinski definition) is 5. The van der Waals surface area contributed by atoms with Crippen molar-refractivity contribution >= 4 is 28.7 Å². The minimum Gasteiger partial charge on any atom is -0.393 e. The summed E-state index contributed by atoms with van der Waals surface area (Å²) < 4.78 is 1.57. The molecule has 8 heteroatoms. The molecule has 0 radical (unpaired) electrons. The monoisotopic (exact) mass is 283 g/mol. The lowest BCUT2D eigenvalue weighted by Crippen LogP contribution is -2.27. The maximum Gasteiger partial charge on any atom is 0.328 e. The second-order valence-corrected chi connectivity index (χ2v) is 5.19. The van der Waals surface area contributed by atoms with E-state index in [-0.39, 0.29) is 28.9 Å². The first-order chi connectivity index (χ1) is 9.06. The molecule has 4 N–H and O–H groups in total. The van der Waals surface area contributed by atoms with E-state index in [0.717, 1.165) is 12.8 Å². The van der Waals surface area contributed by atoms with Gasteiger partial charge in [0, 0.05) is 6.04 Å². The van der Waals surface area contributed by atoms with Gasteiger partial charge < -0.3 is 15.8 Å². The summed E-state index contributed by atoms with van der Waals surface area (Å²) in [6, 6.07) is 0.00927. The third-order valence-electron chi connectivity index (χ3n) is 3.57. The Morgan fingerprint density at radius 3 is 2.68 bits per heavy atom. The molecular weight excluding hydrogens is 270 g/mol. The fourth-order valence-corrected chi connectivity index (χ4v) is 2.86. The first-order valence-corrected chi connectivity index (χ1v) is 6.55. The number of imidazole rings is 1. The molecule has 0 atom stereocenters. The zero-order valence-electron chi connectivity index (χ0n) is 10.1. The number of halogens is 1. The minimum atomic E-state index is -0.277. The van der Waals surface area contributed by atoms with Gasteiger partial charge in [-0.1, -0.05) is 11.6 Å². The number of nitrogens with two attached hydrogens (primary N) is 1. The van der Waals surface area contributed by atoms with E-state index in [4.69, 9.17) is 17.3 Å². The quantitative estimate of drug-likeness (QED) is 0.672. The summed E-state index contributed by atoms with van der Waals surface area (Å²) in [5, 5.41) is 9.68. The zero-order chi connectivity index (χ0) is 13.6. The van der Waals surface area contributed by atoms with Gasteiger partial charge in [-0.25, -0.2) is 4.79 Å². The largest absolute Gasteiger partial charge is 0.393 e. The van der Waals surface area contributed by atoms with Gasteiger partial charge in [0.15, 0.2) is 10.8 Å². The molecule has 3 rings (SSSR count). The first kappa shape index (κ1) is 12.4. The molecule has 2 aromatic heterocycles. The number of nitrogens with one attached hydrogen (secondary N) is 1. The Morgan fingerprint density at radius 2 is 2.00 bits per heavy atom. The number of hydrogen-bond donors (Lipinski definition) is 3. The molecular formula is C11H14ClN5O2. The molecule has 2 heterocycles. The molecule has 0 amide bonds. The van der Waals surface area contributed by atoms with Gasteiger partial charge in [-0.3, -0.25) is 4.57 Å². The molecule has 1 fully saturated rings. The van der Waals surface area contributed by atoms with Crippen molar-refractivity contribution in [1.82, 2.24) is 19.5 Å². The number of aliphatic hydroxyl groups excluding tert-OH is 1. The van der Waals surface area contributed by atoms with Crippen LogP contribution in [0.1, 0.15) is 31.7 Å². The Kier molecular flexibility index (Phi) is 2.94. The Hall–Kier alpha value is -1.60. The number of nitrogen functional groups attached to an aromatic ring is 1. The van der Waals surface area contributed by atoms with Crippen molar-refractivity contribution in [3.05, 3.63) is 15.6 Å². The maximum absolute atomic E-state index is 12.1. The topological polar surface area (TPSA) is 110 Å². The summed E-state index contributed by atoms with van der Waals surface area (Å²) in [5.74, 6) is 0.0427. The number of aromatic nitrogens is 4. The molecule has 0 aromatic carbocycles. The van der Waals surface area contributed by atoms with Crippen molar-refractivity contribution in [2.24, 2.45) is 0 Å². The lowest BCUT2D eigenvalue weighted by atomic mass is 9.93. The highest BCUT2D eigenvalue weighted by molar-refractivity contribution is 6.33. The smallest absolute Gasteiger partial charge is 0.328 e. The fraction of sp³-hybridized carbons (Fsp3) is 0.545. The van der Waals surface area contributed by atoms with Gasteiger partial charge in [-0.15, -0.1) is 0 Å². The molecule has 0 bridgehead atoms. The predicted molar refractivity (Wildman–Crippen MR) is 71.1 cm³/mol. The van der Waals surface area contributed by atoms with Gasteiger partial charge in [0.2, 0.25) is 5.95 Å². The normalized spacial score (nSPS) is 23.9. The van der Waals surface area contributed by atoms with Gasteiger partial charge in [0.05, 0.1) is 6.10 Å². The number of fused-ring (bicyclic) bond motifs is 1. The number of anilines is 1. The third-order valence-corrected chi connectivity index (χ3v) is 3.85. The van der Waals surface area contributed by atoms with E-state index in [0.29, 0.717) is 24.0 Å². The molecule has 0 saturated heterocycles. The average Bonchev–Trinajstić information content (AvgIpc) is 2.67. The van der Waals surface area contributed by atoms with Crippen LogP contribution in [0.25, 0.3) is 11.2 Å². The van der Waals surface area contributed by atoms with Crippen LogP contribution in [0.3, 0.4) is 0 Å². The van der Waals surface area contributed by atoms with Gasteiger partial charge in [0.1, 0.15) is 5.52 Å². The zero-order valence-corrected chi connectivity index (χ0v) is 10.9. The van der Waals surface area contributed by atoms with Crippen LogP contribution in [0.4, 0.5) is 5.95 Å². The van der Waals surface area contributed by atoms with Crippen molar-refractivity contribution in [3.8, 4) is 0 Å². The standard InChI is InChI=1S/C11H14ClN5O2/c12-8-7-9(16-10(13)15-8)17(11(19)14-7)5-1-3-6(18)4-2-5/h5-6,18H,1-4H2,(H,14,19)(H2,13,15,16)/t5-,6-. The van der Waals surface area contributed by atoms with E-state index in [1.54, 1.807) is 4.57 Å². The number of H-pyrrole nitrogens is 1. The Morgan fingerprint density at radius 1 is 1.32 bits per heavy atom. The first-order valence-electron chi connectivity index (χ1n) is 6.17. The number of rotatable bonds is 1. The summed E-state index contributed by atoms with van der Waals surface area (Å²) in [6.45, 7) is 0. The van der Waals surface area contributed by atoms with Crippen molar-refractivity contribution in [2.75, 3.05) is 5.73 Å². The molecule has 0 spiro atoms. The van der Waals surface area contributed by atoms with Gasteiger partial charge in [-0.2, -0.15) is 9.97 Å². The Balaban J connectivity index is 2.13. The summed E-state index contributed by atoms with van der Waals surface area (Å²) >= 11 is 5.96. The van der Waals surface area contributed by atoms with Gasteiger partial charge in [0.25, 0.3) is 0 Å². The van der Waals surface area contributed by atoms with E-state index < -0.39 is 0 Å². The Labute approximate surface area is 113 Å². The SMILES string of the molecule is Nc1nc(Cl)c2[nH]c(=O)n([C@H]3CC[C@H](O)CC3)c2n1. The van der Waals surface area contributed by atoms with Crippen LogP contribution >= 0.6 is 11.6 Å². The predicted octanol–water partition coefficient (Wildman–Crippen LogP) is 0.831. The second-order valence-electron chi connectivity index (χ2n) is 4.83. The summed E-state index contributed by atoms with van der Waals surface area (Å²) in [4.78, 5) is 22.6. The van der Waals surface area contributed by atoms with Crippen LogP contribution in [-0.2, 0) is 0 Å². The summed E-state index contributed by atoms with van der Waals surface area (Å²) in [5.41, 5.74) is 6.16. The van der Waals surface area contributed by atoms with Crippen molar-refractivity contribution in [3.63, 3.8) is 0 Å². The maximum atomic E-state index is 12.1. The van der Waals surface area contributed by atoms with E-state index in [1.807, 2.05) is 0 Å². The van der Waals surface area contributed by atoms with E-state index in [2.05, 4.69) is 15.0 Å². The lowest BCUT2D eigenvalue weighted by molar-refractivity contribution is 0.111. The van der Waals surface area contributed by atoms with Crippen LogP contribution in [0.5, 0.6) is 0 Å².